The molecule has 1 heterocycles. The van der Waals surface area contributed by atoms with Crippen LogP contribution in [0.15, 0.2) is 40.2 Å². The van der Waals surface area contributed by atoms with Gasteiger partial charge in [0.2, 0.25) is 0 Å². The Bertz CT molecular complexity index is 568. The van der Waals surface area contributed by atoms with Gasteiger partial charge in [-0.05, 0) is 45.8 Å². The fourth-order valence-corrected chi connectivity index (χ4v) is 2.96. The number of hydrogen-bond donors (Lipinski definition) is 1. The molecule has 2 aromatic rings. The summed E-state index contributed by atoms with van der Waals surface area (Å²) in [5.41, 5.74) is 0.344. The van der Waals surface area contributed by atoms with E-state index in [0.717, 1.165) is 3.79 Å². The molecule has 0 bridgehead atoms. The van der Waals surface area contributed by atoms with E-state index in [1.54, 1.807) is 18.2 Å². The van der Waals surface area contributed by atoms with Gasteiger partial charge in [0.05, 0.1) is 3.79 Å². The molecular weight excluding hydrogens is 345 g/mol. The minimum absolute atomic E-state index is 0.344. The first kappa shape index (κ1) is 14.4. The van der Waals surface area contributed by atoms with E-state index in [9.17, 15) is 18.3 Å². The van der Waals surface area contributed by atoms with E-state index in [1.807, 2.05) is 0 Å². The Kier molecular flexibility index (Phi) is 4.17. The summed E-state index contributed by atoms with van der Waals surface area (Å²) in [7, 11) is 0. The van der Waals surface area contributed by atoms with Crippen molar-refractivity contribution in [2.45, 2.75) is 12.5 Å². The molecule has 2 nitrogen and oxygen atoms in total. The summed E-state index contributed by atoms with van der Waals surface area (Å²) >= 11 is 4.57. The molecule has 102 valence electrons. The molecule has 2 rings (SSSR count). The number of thiophene rings is 1. The highest BCUT2D eigenvalue weighted by Crippen LogP contribution is 2.33. The van der Waals surface area contributed by atoms with Crippen LogP contribution in [0.5, 0.6) is 5.75 Å². The van der Waals surface area contributed by atoms with Gasteiger partial charge in [0, 0.05) is 4.88 Å². The van der Waals surface area contributed by atoms with E-state index in [0.29, 0.717) is 10.4 Å². The molecule has 0 radical (unpaired) electrons. The highest BCUT2D eigenvalue weighted by Gasteiger charge is 2.31. The second-order valence-corrected chi connectivity index (χ2v) is 6.16. The van der Waals surface area contributed by atoms with E-state index >= 15 is 0 Å². The predicted octanol–water partition coefficient (Wildman–Crippen LogP) is 4.49. The van der Waals surface area contributed by atoms with Crippen LogP contribution in [-0.4, -0.2) is 11.5 Å². The molecular formula is C12H8BrF3O2S. The first-order chi connectivity index (χ1) is 8.85. The summed E-state index contributed by atoms with van der Waals surface area (Å²) in [5, 5.41) is 10.1. The van der Waals surface area contributed by atoms with Gasteiger partial charge in [-0.3, -0.25) is 0 Å². The summed E-state index contributed by atoms with van der Waals surface area (Å²) in [6, 6.07) is 8.78. The molecule has 0 aliphatic rings. The van der Waals surface area contributed by atoms with Gasteiger partial charge in [0.15, 0.2) is 0 Å². The molecule has 0 saturated carbocycles. The molecule has 0 fully saturated rings. The fraction of sp³-hybridized carbons (Fsp3) is 0.167. The smallest absolute Gasteiger partial charge is 0.406 e. The van der Waals surface area contributed by atoms with Crippen molar-refractivity contribution in [1.29, 1.82) is 0 Å². The zero-order chi connectivity index (χ0) is 14.0. The minimum atomic E-state index is -4.74. The Morgan fingerprint density at radius 3 is 2.53 bits per heavy atom. The van der Waals surface area contributed by atoms with Gasteiger partial charge in [-0.1, -0.05) is 12.1 Å². The fourth-order valence-electron chi connectivity index (χ4n) is 1.52. The third kappa shape index (κ3) is 3.95. The van der Waals surface area contributed by atoms with Crippen molar-refractivity contribution in [3.8, 4) is 5.75 Å². The maximum atomic E-state index is 12.1. The molecule has 0 spiro atoms. The van der Waals surface area contributed by atoms with Crippen molar-refractivity contribution in [3.63, 3.8) is 0 Å². The van der Waals surface area contributed by atoms with Crippen molar-refractivity contribution in [3.05, 3.63) is 50.6 Å². The number of aliphatic hydroxyl groups excluding tert-OH is 1. The zero-order valence-electron chi connectivity index (χ0n) is 9.32. The van der Waals surface area contributed by atoms with Crippen molar-refractivity contribution in [2.75, 3.05) is 0 Å². The van der Waals surface area contributed by atoms with Crippen LogP contribution in [0.25, 0.3) is 0 Å². The highest BCUT2D eigenvalue weighted by molar-refractivity contribution is 9.11. The van der Waals surface area contributed by atoms with Gasteiger partial charge in [-0.25, -0.2) is 0 Å². The number of rotatable bonds is 3. The molecule has 1 aromatic carbocycles. The van der Waals surface area contributed by atoms with E-state index < -0.39 is 12.5 Å². The Morgan fingerprint density at radius 1 is 1.21 bits per heavy atom. The standard InChI is InChI=1S/C12H8BrF3O2S/c13-10-5-4-9(19-10)11(17)7-2-1-3-8(6-7)18-12(14,15)16/h1-6,11,17H. The first-order valence-corrected chi connectivity index (χ1v) is 6.75. The molecule has 0 aliphatic heterocycles. The number of ether oxygens (including phenoxy) is 1. The molecule has 19 heavy (non-hydrogen) atoms. The second kappa shape index (κ2) is 5.52. The maximum absolute atomic E-state index is 12.1. The van der Waals surface area contributed by atoms with Crippen LogP contribution in [0.2, 0.25) is 0 Å². The monoisotopic (exact) mass is 352 g/mol. The zero-order valence-corrected chi connectivity index (χ0v) is 11.7. The van der Waals surface area contributed by atoms with Crippen molar-refractivity contribution >= 4 is 27.3 Å². The quantitative estimate of drug-likeness (QED) is 0.881. The number of aliphatic hydroxyl groups is 1. The Balaban J connectivity index is 2.23. The number of alkyl halides is 3. The Labute approximate surface area is 119 Å². The second-order valence-electron chi connectivity index (χ2n) is 3.66. The number of benzene rings is 1. The Hall–Kier alpha value is -1.05. The lowest BCUT2D eigenvalue weighted by Crippen LogP contribution is -2.17. The highest BCUT2D eigenvalue weighted by atomic mass is 79.9. The molecule has 0 saturated heterocycles. The third-order valence-electron chi connectivity index (χ3n) is 2.27. The summed E-state index contributed by atoms with van der Waals surface area (Å²) in [6.07, 6.45) is -5.72. The molecule has 0 aliphatic carbocycles. The lowest BCUT2D eigenvalue weighted by atomic mass is 10.1. The van der Waals surface area contributed by atoms with Gasteiger partial charge in [-0.15, -0.1) is 24.5 Å². The van der Waals surface area contributed by atoms with Gasteiger partial charge in [-0.2, -0.15) is 0 Å². The molecule has 1 N–H and O–H groups in total. The topological polar surface area (TPSA) is 29.5 Å². The molecule has 1 aromatic heterocycles. The van der Waals surface area contributed by atoms with Crippen LogP contribution in [0.1, 0.15) is 16.5 Å². The van der Waals surface area contributed by atoms with Gasteiger partial charge in [0.1, 0.15) is 11.9 Å². The number of hydrogen-bond acceptors (Lipinski definition) is 3. The van der Waals surface area contributed by atoms with Gasteiger partial charge in [0.25, 0.3) is 0 Å². The molecule has 7 heteroatoms. The maximum Gasteiger partial charge on any atom is 0.573 e. The van der Waals surface area contributed by atoms with Gasteiger partial charge < -0.3 is 9.84 Å². The third-order valence-corrected chi connectivity index (χ3v) is 3.95. The summed E-state index contributed by atoms with van der Waals surface area (Å²) in [4.78, 5) is 0.635. The van der Waals surface area contributed by atoms with Crippen LogP contribution in [-0.2, 0) is 0 Å². The largest absolute Gasteiger partial charge is 0.573 e. The lowest BCUT2D eigenvalue weighted by Gasteiger charge is -2.12. The van der Waals surface area contributed by atoms with E-state index in [4.69, 9.17) is 0 Å². The van der Waals surface area contributed by atoms with Gasteiger partial charge >= 0.3 is 6.36 Å². The van der Waals surface area contributed by atoms with Crippen LogP contribution < -0.4 is 4.74 Å². The average molecular weight is 353 g/mol. The Morgan fingerprint density at radius 2 is 1.95 bits per heavy atom. The molecule has 1 unspecified atom stereocenters. The normalized spacial score (nSPS) is 13.3. The van der Waals surface area contributed by atoms with Crippen molar-refractivity contribution in [1.82, 2.24) is 0 Å². The van der Waals surface area contributed by atoms with E-state index in [-0.39, 0.29) is 5.75 Å². The predicted molar refractivity (Wildman–Crippen MR) is 69.2 cm³/mol. The van der Waals surface area contributed by atoms with Crippen molar-refractivity contribution in [2.24, 2.45) is 0 Å². The lowest BCUT2D eigenvalue weighted by molar-refractivity contribution is -0.274. The van der Waals surface area contributed by atoms with Crippen LogP contribution >= 0.6 is 27.3 Å². The average Bonchev–Trinajstić information content (AvgIpc) is 2.73. The SMILES string of the molecule is OC(c1cccc(OC(F)(F)F)c1)c1ccc(Br)s1. The van der Waals surface area contributed by atoms with Crippen LogP contribution in [0, 0.1) is 0 Å². The van der Waals surface area contributed by atoms with Crippen LogP contribution in [0.3, 0.4) is 0 Å². The van der Waals surface area contributed by atoms with E-state index in [2.05, 4.69) is 20.7 Å². The van der Waals surface area contributed by atoms with Crippen molar-refractivity contribution < 1.29 is 23.0 Å². The summed E-state index contributed by atoms with van der Waals surface area (Å²) in [6.45, 7) is 0. The summed E-state index contributed by atoms with van der Waals surface area (Å²) in [5.74, 6) is -0.348. The minimum Gasteiger partial charge on any atom is -0.406 e. The molecule has 0 amide bonds. The summed E-state index contributed by atoms with van der Waals surface area (Å²) < 4.78 is 41.0. The molecule has 1 atom stereocenters. The van der Waals surface area contributed by atoms with Crippen LogP contribution in [0.4, 0.5) is 13.2 Å². The number of halogens is 4. The first-order valence-electron chi connectivity index (χ1n) is 5.14. The van der Waals surface area contributed by atoms with E-state index in [1.165, 1.54) is 29.5 Å².